The van der Waals surface area contributed by atoms with E-state index in [9.17, 15) is 4.79 Å². The summed E-state index contributed by atoms with van der Waals surface area (Å²) in [5.74, 6) is -0.170. The maximum absolute atomic E-state index is 12.3. The standard InChI is InChI=1S/C17H16N2O2S/c1-22-16-10-6-5-9-13(16)18-17(20)15-11-14(19-21-15)12-7-3-2-4-8-12/h2-10,15H,11H2,1H3,(H,18,20). The van der Waals surface area contributed by atoms with Crippen LogP contribution in [-0.2, 0) is 9.63 Å². The van der Waals surface area contributed by atoms with Gasteiger partial charge < -0.3 is 10.2 Å². The van der Waals surface area contributed by atoms with Crippen LogP contribution in [-0.4, -0.2) is 24.0 Å². The lowest BCUT2D eigenvalue weighted by molar-refractivity contribution is -0.125. The Hall–Kier alpha value is -2.27. The van der Waals surface area contributed by atoms with Gasteiger partial charge in [0.25, 0.3) is 5.91 Å². The van der Waals surface area contributed by atoms with E-state index in [-0.39, 0.29) is 5.91 Å². The summed E-state index contributed by atoms with van der Waals surface area (Å²) in [5, 5.41) is 6.96. The minimum Gasteiger partial charge on any atom is -0.382 e. The van der Waals surface area contributed by atoms with Gasteiger partial charge in [-0.05, 0) is 24.0 Å². The number of nitrogens with one attached hydrogen (secondary N) is 1. The summed E-state index contributed by atoms with van der Waals surface area (Å²) >= 11 is 1.59. The normalized spacial score (nSPS) is 16.8. The van der Waals surface area contributed by atoms with Gasteiger partial charge in [0.2, 0.25) is 6.10 Å². The molecule has 1 aliphatic rings. The molecule has 0 saturated heterocycles. The summed E-state index contributed by atoms with van der Waals surface area (Å²) in [5.41, 5.74) is 2.60. The molecule has 0 spiro atoms. The molecule has 112 valence electrons. The molecule has 0 radical (unpaired) electrons. The number of oxime groups is 1. The number of nitrogens with zero attached hydrogens (tertiary/aromatic N) is 1. The molecule has 1 N–H and O–H groups in total. The molecule has 0 saturated carbocycles. The average Bonchev–Trinajstić information content (AvgIpc) is 3.06. The molecule has 1 atom stereocenters. The van der Waals surface area contributed by atoms with E-state index in [0.29, 0.717) is 6.42 Å². The molecule has 0 aromatic heterocycles. The number of amides is 1. The minimum absolute atomic E-state index is 0.170. The number of carbonyl (C=O) groups excluding carboxylic acids is 1. The van der Waals surface area contributed by atoms with Crippen molar-refractivity contribution in [1.82, 2.24) is 0 Å². The average molecular weight is 312 g/mol. The molecular formula is C17H16N2O2S. The third-order valence-electron chi connectivity index (χ3n) is 3.43. The zero-order chi connectivity index (χ0) is 15.4. The number of hydrogen-bond acceptors (Lipinski definition) is 4. The highest BCUT2D eigenvalue weighted by Gasteiger charge is 2.29. The van der Waals surface area contributed by atoms with Crippen LogP contribution in [0.3, 0.4) is 0 Å². The van der Waals surface area contributed by atoms with Crippen molar-refractivity contribution < 1.29 is 9.63 Å². The predicted octanol–water partition coefficient (Wildman–Crippen LogP) is 3.54. The molecule has 1 unspecified atom stereocenters. The zero-order valence-electron chi connectivity index (χ0n) is 12.2. The Balaban J connectivity index is 1.66. The van der Waals surface area contributed by atoms with E-state index in [0.717, 1.165) is 21.9 Å². The Labute approximate surface area is 133 Å². The molecule has 1 heterocycles. The van der Waals surface area contributed by atoms with E-state index in [1.807, 2.05) is 60.9 Å². The molecule has 22 heavy (non-hydrogen) atoms. The fourth-order valence-electron chi connectivity index (χ4n) is 2.28. The maximum Gasteiger partial charge on any atom is 0.268 e. The van der Waals surface area contributed by atoms with Crippen LogP contribution in [0.25, 0.3) is 0 Å². The van der Waals surface area contributed by atoms with Crippen molar-refractivity contribution in [2.24, 2.45) is 5.16 Å². The molecule has 5 heteroatoms. The first-order valence-corrected chi connectivity index (χ1v) is 8.22. The fourth-order valence-corrected chi connectivity index (χ4v) is 2.83. The maximum atomic E-state index is 12.3. The highest BCUT2D eigenvalue weighted by Crippen LogP contribution is 2.26. The van der Waals surface area contributed by atoms with Gasteiger partial charge in [-0.25, -0.2) is 0 Å². The largest absolute Gasteiger partial charge is 0.382 e. The van der Waals surface area contributed by atoms with Crippen LogP contribution in [0.5, 0.6) is 0 Å². The molecule has 0 fully saturated rings. The van der Waals surface area contributed by atoms with Crippen LogP contribution in [0.2, 0.25) is 0 Å². The third-order valence-corrected chi connectivity index (χ3v) is 4.23. The topological polar surface area (TPSA) is 50.7 Å². The van der Waals surface area contributed by atoms with Crippen molar-refractivity contribution in [2.45, 2.75) is 17.4 Å². The Bertz CT molecular complexity index is 701. The molecular weight excluding hydrogens is 296 g/mol. The summed E-state index contributed by atoms with van der Waals surface area (Å²) in [7, 11) is 0. The van der Waals surface area contributed by atoms with Gasteiger partial charge in [-0.2, -0.15) is 0 Å². The van der Waals surface area contributed by atoms with Crippen LogP contribution < -0.4 is 5.32 Å². The van der Waals surface area contributed by atoms with E-state index < -0.39 is 6.10 Å². The van der Waals surface area contributed by atoms with Gasteiger partial charge in [0.1, 0.15) is 0 Å². The van der Waals surface area contributed by atoms with E-state index >= 15 is 0 Å². The molecule has 0 aliphatic carbocycles. The van der Waals surface area contributed by atoms with Crippen LogP contribution in [0, 0.1) is 0 Å². The number of carbonyl (C=O) groups is 1. The van der Waals surface area contributed by atoms with Gasteiger partial charge in [0.15, 0.2) is 0 Å². The lowest BCUT2D eigenvalue weighted by Crippen LogP contribution is -2.28. The van der Waals surface area contributed by atoms with E-state index in [1.165, 1.54) is 0 Å². The van der Waals surface area contributed by atoms with Gasteiger partial charge >= 0.3 is 0 Å². The molecule has 1 aliphatic heterocycles. The highest BCUT2D eigenvalue weighted by molar-refractivity contribution is 7.98. The van der Waals surface area contributed by atoms with Gasteiger partial charge in [-0.15, -0.1) is 11.8 Å². The van der Waals surface area contributed by atoms with Crippen molar-refractivity contribution in [1.29, 1.82) is 0 Å². The predicted molar refractivity (Wildman–Crippen MR) is 89.3 cm³/mol. The summed E-state index contributed by atoms with van der Waals surface area (Å²) in [6.07, 6.45) is 1.88. The van der Waals surface area contributed by atoms with Crippen LogP contribution in [0.4, 0.5) is 5.69 Å². The monoisotopic (exact) mass is 312 g/mol. The molecule has 2 aromatic carbocycles. The molecule has 1 amide bonds. The Morgan fingerprint density at radius 1 is 1.18 bits per heavy atom. The van der Waals surface area contributed by atoms with E-state index in [2.05, 4.69) is 10.5 Å². The lowest BCUT2D eigenvalue weighted by Gasteiger charge is -2.12. The Morgan fingerprint density at radius 3 is 2.68 bits per heavy atom. The quantitative estimate of drug-likeness (QED) is 0.879. The first-order chi connectivity index (χ1) is 10.8. The first-order valence-electron chi connectivity index (χ1n) is 7.00. The number of para-hydroxylation sites is 1. The van der Waals surface area contributed by atoms with Gasteiger partial charge in [0, 0.05) is 11.3 Å². The third kappa shape index (κ3) is 3.14. The van der Waals surface area contributed by atoms with Gasteiger partial charge in [0.05, 0.1) is 11.4 Å². The van der Waals surface area contributed by atoms with Crippen LogP contribution in [0.15, 0.2) is 64.6 Å². The smallest absolute Gasteiger partial charge is 0.268 e. The zero-order valence-corrected chi connectivity index (χ0v) is 13.0. The van der Waals surface area contributed by atoms with Gasteiger partial charge in [-0.3, -0.25) is 4.79 Å². The Morgan fingerprint density at radius 2 is 1.91 bits per heavy atom. The van der Waals surface area contributed by atoms with Crippen molar-refractivity contribution in [3.8, 4) is 0 Å². The van der Waals surface area contributed by atoms with Crippen molar-refractivity contribution in [3.05, 3.63) is 60.2 Å². The number of benzene rings is 2. The van der Waals surface area contributed by atoms with Crippen molar-refractivity contribution in [3.63, 3.8) is 0 Å². The number of anilines is 1. The highest BCUT2D eigenvalue weighted by atomic mass is 32.2. The summed E-state index contributed by atoms with van der Waals surface area (Å²) in [6, 6.07) is 17.5. The fraction of sp³-hybridized carbons (Fsp3) is 0.176. The molecule has 4 nitrogen and oxygen atoms in total. The van der Waals surface area contributed by atoms with Crippen LogP contribution in [0.1, 0.15) is 12.0 Å². The second-order valence-corrected chi connectivity index (χ2v) is 5.74. The summed E-state index contributed by atoms with van der Waals surface area (Å²) < 4.78 is 0. The SMILES string of the molecule is CSc1ccccc1NC(=O)C1CC(c2ccccc2)=NO1. The van der Waals surface area contributed by atoms with Crippen LogP contribution >= 0.6 is 11.8 Å². The second kappa shape index (κ2) is 6.66. The summed E-state index contributed by atoms with van der Waals surface area (Å²) in [4.78, 5) is 18.7. The van der Waals surface area contributed by atoms with Crippen molar-refractivity contribution >= 4 is 29.1 Å². The Kier molecular flexibility index (Phi) is 4.44. The number of thioether (sulfide) groups is 1. The molecule has 0 bridgehead atoms. The lowest BCUT2D eigenvalue weighted by atomic mass is 10.0. The number of hydrogen-bond donors (Lipinski definition) is 1. The summed E-state index contributed by atoms with van der Waals surface area (Å²) in [6.45, 7) is 0. The minimum atomic E-state index is -0.579. The van der Waals surface area contributed by atoms with Gasteiger partial charge in [-0.1, -0.05) is 47.6 Å². The van der Waals surface area contributed by atoms with E-state index in [1.54, 1.807) is 11.8 Å². The van der Waals surface area contributed by atoms with E-state index in [4.69, 9.17) is 4.84 Å². The second-order valence-electron chi connectivity index (χ2n) is 4.89. The number of rotatable bonds is 4. The van der Waals surface area contributed by atoms with Crippen molar-refractivity contribution in [2.75, 3.05) is 11.6 Å². The molecule has 3 rings (SSSR count). The first kappa shape index (κ1) is 14.7. The molecule has 2 aromatic rings.